The third-order valence-electron chi connectivity index (χ3n) is 5.06. The molecular weight excluding hydrogens is 246 g/mol. The quantitative estimate of drug-likeness (QED) is 0.911. The summed E-state index contributed by atoms with van der Waals surface area (Å²) in [5.74, 6) is 2.95. The molecule has 3 heteroatoms. The first kappa shape index (κ1) is 12.4. The molecule has 2 bridgehead atoms. The van der Waals surface area contributed by atoms with Crippen LogP contribution in [-0.2, 0) is 6.54 Å². The van der Waals surface area contributed by atoms with Crippen LogP contribution in [0.2, 0.25) is 0 Å². The first-order chi connectivity index (χ1) is 9.88. The second kappa shape index (κ2) is 5.21. The van der Waals surface area contributed by atoms with Crippen LogP contribution in [0.15, 0.2) is 35.3 Å². The molecule has 3 fully saturated rings. The van der Waals surface area contributed by atoms with E-state index in [9.17, 15) is 0 Å². The fraction of sp³-hybridized carbons (Fsp3) is 0.588. The molecule has 0 amide bonds. The Bertz CT molecular complexity index is 484. The molecule has 2 unspecified atom stereocenters. The first-order valence-corrected chi connectivity index (χ1v) is 7.94. The standard InChI is InChI=1S/C17H23N3/c1-2-5-13(6-3-1)10-20-11-14-9-15(12-20)17(14)19-16-7-4-8-18-16/h1-3,5-6,14-15,17H,4,7-12H2,(H,18,19). The Morgan fingerprint density at radius 3 is 2.65 bits per heavy atom. The van der Waals surface area contributed by atoms with E-state index in [0.29, 0.717) is 6.04 Å². The Morgan fingerprint density at radius 1 is 1.15 bits per heavy atom. The molecule has 0 spiro atoms. The number of hydrogen-bond acceptors (Lipinski definition) is 3. The highest BCUT2D eigenvalue weighted by atomic mass is 15.2. The zero-order valence-electron chi connectivity index (χ0n) is 12.0. The summed E-state index contributed by atoms with van der Waals surface area (Å²) < 4.78 is 0. The predicted octanol–water partition coefficient (Wildman–Crippen LogP) is 2.29. The number of rotatable bonds is 3. The Hall–Kier alpha value is -1.35. The molecule has 2 saturated heterocycles. The zero-order chi connectivity index (χ0) is 13.4. The molecule has 1 aliphatic carbocycles. The van der Waals surface area contributed by atoms with Crippen molar-refractivity contribution in [1.29, 1.82) is 0 Å². The van der Waals surface area contributed by atoms with Crippen LogP contribution in [0.4, 0.5) is 0 Å². The molecule has 1 saturated carbocycles. The van der Waals surface area contributed by atoms with Crippen molar-refractivity contribution in [2.45, 2.75) is 31.8 Å². The molecular formula is C17H23N3. The van der Waals surface area contributed by atoms with E-state index in [-0.39, 0.29) is 0 Å². The average Bonchev–Trinajstić information content (AvgIpc) is 2.99. The van der Waals surface area contributed by atoms with Gasteiger partial charge in [-0.05, 0) is 30.2 Å². The van der Waals surface area contributed by atoms with Gasteiger partial charge in [0.1, 0.15) is 0 Å². The lowest BCUT2D eigenvalue weighted by molar-refractivity contribution is -0.0104. The summed E-state index contributed by atoms with van der Waals surface area (Å²) in [5, 5.41) is 3.73. The summed E-state index contributed by atoms with van der Waals surface area (Å²) in [5.41, 5.74) is 1.44. The number of amidine groups is 1. The van der Waals surface area contributed by atoms with Crippen molar-refractivity contribution in [2.75, 3.05) is 19.6 Å². The van der Waals surface area contributed by atoms with Crippen LogP contribution in [0.3, 0.4) is 0 Å². The minimum Gasteiger partial charge on any atom is -0.370 e. The van der Waals surface area contributed by atoms with Crippen LogP contribution >= 0.6 is 0 Å². The molecule has 20 heavy (non-hydrogen) atoms. The Morgan fingerprint density at radius 2 is 1.95 bits per heavy atom. The lowest BCUT2D eigenvalue weighted by atomic mass is 9.66. The second-order valence-corrected chi connectivity index (χ2v) is 6.54. The summed E-state index contributed by atoms with van der Waals surface area (Å²) in [6.45, 7) is 4.64. The van der Waals surface area contributed by atoms with Gasteiger partial charge in [0.25, 0.3) is 0 Å². The van der Waals surface area contributed by atoms with Gasteiger partial charge in [0.15, 0.2) is 0 Å². The van der Waals surface area contributed by atoms with Gasteiger partial charge in [-0.25, -0.2) is 0 Å². The number of nitrogens with zero attached hydrogens (tertiary/aromatic N) is 2. The summed E-state index contributed by atoms with van der Waals surface area (Å²) >= 11 is 0. The van der Waals surface area contributed by atoms with Gasteiger partial charge in [0.2, 0.25) is 0 Å². The van der Waals surface area contributed by atoms with Gasteiger partial charge in [-0.2, -0.15) is 0 Å². The minimum atomic E-state index is 0.707. The predicted molar refractivity (Wildman–Crippen MR) is 81.8 cm³/mol. The van der Waals surface area contributed by atoms with Crippen molar-refractivity contribution in [3.8, 4) is 0 Å². The molecule has 1 aromatic rings. The highest BCUT2D eigenvalue weighted by molar-refractivity contribution is 5.84. The van der Waals surface area contributed by atoms with Crippen LogP contribution in [0.5, 0.6) is 0 Å². The van der Waals surface area contributed by atoms with Gasteiger partial charge in [-0.3, -0.25) is 9.89 Å². The Labute approximate surface area is 121 Å². The smallest absolute Gasteiger partial charge is 0.0966 e. The van der Waals surface area contributed by atoms with Crippen LogP contribution in [0.25, 0.3) is 0 Å². The monoisotopic (exact) mass is 269 g/mol. The zero-order valence-corrected chi connectivity index (χ0v) is 12.0. The second-order valence-electron chi connectivity index (χ2n) is 6.54. The van der Waals surface area contributed by atoms with E-state index in [0.717, 1.165) is 24.9 Å². The number of fused-ring (bicyclic) bond motifs is 2. The molecule has 1 N–H and O–H groups in total. The summed E-state index contributed by atoms with van der Waals surface area (Å²) in [6, 6.07) is 11.6. The summed E-state index contributed by atoms with van der Waals surface area (Å²) in [7, 11) is 0. The van der Waals surface area contributed by atoms with Gasteiger partial charge in [0.05, 0.1) is 5.84 Å². The number of aliphatic imine (C=N–C) groups is 1. The van der Waals surface area contributed by atoms with E-state index in [1.54, 1.807) is 0 Å². The molecule has 0 aromatic heterocycles. The van der Waals surface area contributed by atoms with E-state index in [1.165, 1.54) is 43.8 Å². The van der Waals surface area contributed by atoms with Gasteiger partial charge >= 0.3 is 0 Å². The van der Waals surface area contributed by atoms with Crippen LogP contribution in [0, 0.1) is 11.8 Å². The van der Waals surface area contributed by atoms with Gasteiger partial charge < -0.3 is 5.32 Å². The first-order valence-electron chi connectivity index (χ1n) is 7.94. The molecule has 3 heterocycles. The third-order valence-corrected chi connectivity index (χ3v) is 5.06. The number of hydrogen-bond donors (Lipinski definition) is 1. The van der Waals surface area contributed by atoms with Crippen molar-refractivity contribution in [3.05, 3.63) is 35.9 Å². The molecule has 3 nitrogen and oxygen atoms in total. The SMILES string of the molecule is c1ccc(CN2CC3CC(C2)C3NC2=NCCC2)cc1. The maximum Gasteiger partial charge on any atom is 0.0966 e. The maximum absolute atomic E-state index is 4.56. The molecule has 2 atom stereocenters. The molecule has 1 aromatic carbocycles. The lowest BCUT2D eigenvalue weighted by Gasteiger charge is -2.54. The van der Waals surface area contributed by atoms with E-state index in [1.807, 2.05) is 0 Å². The highest BCUT2D eigenvalue weighted by Gasteiger charge is 2.46. The van der Waals surface area contributed by atoms with Crippen molar-refractivity contribution in [1.82, 2.24) is 10.2 Å². The van der Waals surface area contributed by atoms with E-state index in [2.05, 4.69) is 45.5 Å². The van der Waals surface area contributed by atoms with Crippen molar-refractivity contribution in [2.24, 2.45) is 16.8 Å². The molecule has 106 valence electrons. The van der Waals surface area contributed by atoms with Gasteiger partial charge in [-0.1, -0.05) is 30.3 Å². The van der Waals surface area contributed by atoms with E-state index in [4.69, 9.17) is 0 Å². The largest absolute Gasteiger partial charge is 0.370 e. The highest BCUT2D eigenvalue weighted by Crippen LogP contribution is 2.40. The number of piperidine rings is 2. The molecule has 0 radical (unpaired) electrons. The maximum atomic E-state index is 4.56. The fourth-order valence-corrected chi connectivity index (χ4v) is 4.04. The van der Waals surface area contributed by atoms with E-state index < -0.39 is 0 Å². The minimum absolute atomic E-state index is 0.707. The van der Waals surface area contributed by atoms with Crippen LogP contribution in [-0.4, -0.2) is 36.4 Å². The average molecular weight is 269 g/mol. The summed E-state index contributed by atoms with van der Waals surface area (Å²) in [6.07, 6.45) is 3.82. The number of nitrogens with one attached hydrogen (secondary N) is 1. The number of benzene rings is 1. The Balaban J connectivity index is 1.33. The fourth-order valence-electron chi connectivity index (χ4n) is 4.04. The molecule has 4 aliphatic rings. The normalized spacial score (nSPS) is 32.6. The topological polar surface area (TPSA) is 27.6 Å². The van der Waals surface area contributed by atoms with Crippen LogP contribution < -0.4 is 5.32 Å². The van der Waals surface area contributed by atoms with Crippen molar-refractivity contribution in [3.63, 3.8) is 0 Å². The van der Waals surface area contributed by atoms with Gasteiger partial charge in [0, 0.05) is 38.6 Å². The van der Waals surface area contributed by atoms with E-state index >= 15 is 0 Å². The molecule has 5 rings (SSSR count). The lowest BCUT2D eigenvalue weighted by Crippen LogP contribution is -2.64. The van der Waals surface area contributed by atoms with Gasteiger partial charge in [-0.15, -0.1) is 0 Å². The van der Waals surface area contributed by atoms with Crippen molar-refractivity contribution >= 4 is 5.84 Å². The third kappa shape index (κ3) is 2.35. The van der Waals surface area contributed by atoms with Crippen molar-refractivity contribution < 1.29 is 0 Å². The summed E-state index contributed by atoms with van der Waals surface area (Å²) in [4.78, 5) is 7.19. The molecule has 3 aliphatic heterocycles. The van der Waals surface area contributed by atoms with Crippen LogP contribution in [0.1, 0.15) is 24.8 Å². The Kier molecular flexibility index (Phi) is 3.23.